The average Bonchev–Trinajstić information content (AvgIpc) is 2.84. The molecule has 1 aliphatic heterocycles. The molecule has 1 heterocycles. The van der Waals surface area contributed by atoms with Crippen LogP contribution in [0.3, 0.4) is 0 Å². The number of nitrogens with zero attached hydrogens (tertiary/aromatic N) is 1. The van der Waals surface area contributed by atoms with E-state index in [1.54, 1.807) is 0 Å². The average molecular weight is 339 g/mol. The highest BCUT2D eigenvalue weighted by Gasteiger charge is 2.31. The Balaban J connectivity index is 1.82. The fraction of sp³-hybridized carbons (Fsp3) is 0.647. The molecule has 0 bridgehead atoms. The Labute approximate surface area is 131 Å². The fourth-order valence-electron chi connectivity index (χ4n) is 2.97. The lowest BCUT2D eigenvalue weighted by Gasteiger charge is -2.27. The summed E-state index contributed by atoms with van der Waals surface area (Å²) in [5.41, 5.74) is 7.97. The van der Waals surface area contributed by atoms with Crippen molar-refractivity contribution < 1.29 is 0 Å². The maximum absolute atomic E-state index is 6.31. The summed E-state index contributed by atoms with van der Waals surface area (Å²) >= 11 is 3.51. The highest BCUT2D eigenvalue weighted by Crippen LogP contribution is 2.33. The third-order valence-corrected chi connectivity index (χ3v) is 5.02. The van der Waals surface area contributed by atoms with E-state index in [4.69, 9.17) is 5.73 Å². The van der Waals surface area contributed by atoms with Crippen LogP contribution in [-0.4, -0.2) is 24.5 Å². The zero-order valence-electron chi connectivity index (χ0n) is 12.9. The molecule has 1 fully saturated rings. The number of rotatable bonds is 4. The number of benzene rings is 1. The summed E-state index contributed by atoms with van der Waals surface area (Å²) in [7, 11) is 0. The molecular formula is C17H27BrN2. The van der Waals surface area contributed by atoms with Crippen LogP contribution < -0.4 is 5.73 Å². The van der Waals surface area contributed by atoms with Crippen molar-refractivity contribution in [3.63, 3.8) is 0 Å². The zero-order chi connectivity index (χ0) is 14.8. The first kappa shape index (κ1) is 16.0. The molecule has 0 radical (unpaired) electrons. The largest absolute Gasteiger partial charge is 0.324 e. The molecule has 2 atom stereocenters. The van der Waals surface area contributed by atoms with Crippen LogP contribution in [0.25, 0.3) is 0 Å². The van der Waals surface area contributed by atoms with Crippen LogP contribution in [0.4, 0.5) is 0 Å². The van der Waals surface area contributed by atoms with Gasteiger partial charge in [-0.1, -0.05) is 48.8 Å². The summed E-state index contributed by atoms with van der Waals surface area (Å²) in [6, 6.07) is 8.50. The van der Waals surface area contributed by atoms with Gasteiger partial charge in [-0.05, 0) is 55.0 Å². The Morgan fingerprint density at radius 1 is 1.40 bits per heavy atom. The van der Waals surface area contributed by atoms with Gasteiger partial charge in [-0.25, -0.2) is 0 Å². The molecule has 2 nitrogen and oxygen atoms in total. The minimum absolute atomic E-state index is 0.140. The van der Waals surface area contributed by atoms with Crippen molar-refractivity contribution >= 4 is 15.9 Å². The second-order valence-corrected chi connectivity index (χ2v) is 8.02. The van der Waals surface area contributed by atoms with Crippen molar-refractivity contribution in [3.8, 4) is 0 Å². The summed E-state index contributed by atoms with van der Waals surface area (Å²) in [6.07, 6.45) is 2.36. The van der Waals surface area contributed by atoms with Gasteiger partial charge in [0.1, 0.15) is 0 Å². The third kappa shape index (κ3) is 4.31. The van der Waals surface area contributed by atoms with Gasteiger partial charge in [-0.2, -0.15) is 0 Å². The summed E-state index contributed by atoms with van der Waals surface area (Å²) in [5.74, 6) is 0.824. The second kappa shape index (κ2) is 6.59. The van der Waals surface area contributed by atoms with Gasteiger partial charge in [0.2, 0.25) is 0 Å². The maximum Gasteiger partial charge on any atom is 0.0307 e. The van der Waals surface area contributed by atoms with E-state index in [0.29, 0.717) is 5.41 Å². The predicted octanol–water partition coefficient (Wildman–Crippen LogP) is 4.21. The van der Waals surface area contributed by atoms with Crippen LogP contribution in [0.2, 0.25) is 0 Å². The van der Waals surface area contributed by atoms with Gasteiger partial charge in [-0.15, -0.1) is 0 Å². The molecule has 2 unspecified atom stereocenters. The van der Waals surface area contributed by atoms with Gasteiger partial charge in [0.05, 0.1) is 0 Å². The molecule has 2 N–H and O–H groups in total. The minimum atomic E-state index is 0.140. The monoisotopic (exact) mass is 338 g/mol. The first-order valence-electron chi connectivity index (χ1n) is 7.59. The van der Waals surface area contributed by atoms with E-state index in [-0.39, 0.29) is 6.04 Å². The van der Waals surface area contributed by atoms with Crippen LogP contribution in [-0.2, 0) is 0 Å². The quantitative estimate of drug-likeness (QED) is 0.890. The second-order valence-electron chi connectivity index (χ2n) is 7.10. The highest BCUT2D eigenvalue weighted by molar-refractivity contribution is 9.10. The van der Waals surface area contributed by atoms with E-state index in [2.05, 4.69) is 59.8 Å². The summed E-state index contributed by atoms with van der Waals surface area (Å²) in [6.45, 7) is 10.6. The van der Waals surface area contributed by atoms with Gasteiger partial charge in [0.15, 0.2) is 0 Å². The van der Waals surface area contributed by atoms with E-state index >= 15 is 0 Å². The van der Waals surface area contributed by atoms with Crippen molar-refractivity contribution in [1.29, 1.82) is 0 Å². The Hall–Kier alpha value is -0.380. The molecule has 0 aliphatic carbocycles. The lowest BCUT2D eigenvalue weighted by molar-refractivity contribution is 0.226. The van der Waals surface area contributed by atoms with Crippen LogP contribution >= 0.6 is 15.9 Å². The van der Waals surface area contributed by atoms with Crippen molar-refractivity contribution in [1.82, 2.24) is 4.90 Å². The number of nitrogens with two attached hydrogens (primary N) is 1. The lowest BCUT2D eigenvalue weighted by atomic mass is 9.80. The Morgan fingerprint density at radius 3 is 2.75 bits per heavy atom. The zero-order valence-corrected chi connectivity index (χ0v) is 14.5. The fourth-order valence-corrected chi connectivity index (χ4v) is 3.39. The molecule has 1 aromatic rings. The van der Waals surface area contributed by atoms with Crippen LogP contribution in [0.15, 0.2) is 28.7 Å². The summed E-state index contributed by atoms with van der Waals surface area (Å²) in [4.78, 5) is 2.58. The van der Waals surface area contributed by atoms with E-state index in [1.165, 1.54) is 25.1 Å². The predicted molar refractivity (Wildman–Crippen MR) is 89.7 cm³/mol. The van der Waals surface area contributed by atoms with Crippen LogP contribution in [0.1, 0.15) is 45.2 Å². The van der Waals surface area contributed by atoms with E-state index in [0.717, 1.165) is 23.4 Å². The van der Waals surface area contributed by atoms with Crippen molar-refractivity contribution in [2.45, 2.75) is 39.7 Å². The Morgan fingerprint density at radius 2 is 2.15 bits per heavy atom. The molecule has 20 heavy (non-hydrogen) atoms. The first-order chi connectivity index (χ1) is 9.36. The molecule has 0 saturated carbocycles. The van der Waals surface area contributed by atoms with Crippen LogP contribution in [0, 0.1) is 11.3 Å². The third-order valence-electron chi connectivity index (χ3n) is 4.53. The molecule has 1 aromatic carbocycles. The van der Waals surface area contributed by atoms with Crippen LogP contribution in [0.5, 0.6) is 0 Å². The molecule has 3 heteroatoms. The summed E-state index contributed by atoms with van der Waals surface area (Å²) in [5, 5.41) is 0. The molecule has 1 saturated heterocycles. The first-order valence-corrected chi connectivity index (χ1v) is 8.39. The Bertz CT molecular complexity index is 439. The van der Waals surface area contributed by atoms with Gasteiger partial charge in [0, 0.05) is 17.1 Å². The molecule has 1 aliphatic rings. The lowest BCUT2D eigenvalue weighted by Crippen LogP contribution is -2.28. The van der Waals surface area contributed by atoms with Gasteiger partial charge in [0.25, 0.3) is 0 Å². The maximum atomic E-state index is 6.31. The molecule has 0 amide bonds. The minimum Gasteiger partial charge on any atom is -0.324 e. The van der Waals surface area contributed by atoms with Crippen molar-refractivity contribution in [2.75, 3.05) is 19.6 Å². The highest BCUT2D eigenvalue weighted by atomic mass is 79.9. The number of hydrogen-bond acceptors (Lipinski definition) is 2. The van der Waals surface area contributed by atoms with E-state index in [1.807, 2.05) is 6.07 Å². The molecular weight excluding hydrogens is 312 g/mol. The molecule has 2 rings (SSSR count). The standard InChI is InChI=1S/C17H27BrN2/c1-17(2,3)14-7-9-20(12-14)10-8-16(19)13-5-4-6-15(18)11-13/h4-6,11,14,16H,7-10,12,19H2,1-3H3. The van der Waals surface area contributed by atoms with Gasteiger partial charge < -0.3 is 10.6 Å². The number of halogens is 1. The molecule has 0 aromatic heterocycles. The molecule has 112 valence electrons. The smallest absolute Gasteiger partial charge is 0.0307 e. The topological polar surface area (TPSA) is 29.3 Å². The van der Waals surface area contributed by atoms with Crippen molar-refractivity contribution in [3.05, 3.63) is 34.3 Å². The summed E-state index contributed by atoms with van der Waals surface area (Å²) < 4.78 is 1.11. The number of hydrogen-bond donors (Lipinski definition) is 1. The number of likely N-dealkylation sites (tertiary alicyclic amines) is 1. The van der Waals surface area contributed by atoms with E-state index in [9.17, 15) is 0 Å². The van der Waals surface area contributed by atoms with E-state index < -0.39 is 0 Å². The SMILES string of the molecule is CC(C)(C)C1CCN(CCC(N)c2cccc(Br)c2)C1. The van der Waals surface area contributed by atoms with Gasteiger partial charge in [-0.3, -0.25) is 0 Å². The Kier molecular flexibility index (Phi) is 5.27. The van der Waals surface area contributed by atoms with Gasteiger partial charge >= 0.3 is 0 Å². The van der Waals surface area contributed by atoms with Crippen molar-refractivity contribution in [2.24, 2.45) is 17.1 Å². The normalized spacial score (nSPS) is 22.1. The molecule has 0 spiro atoms.